The van der Waals surface area contributed by atoms with Crippen LogP contribution in [0.4, 0.5) is 0 Å². The summed E-state index contributed by atoms with van der Waals surface area (Å²) in [7, 11) is 1.47. The van der Waals surface area contributed by atoms with Crippen LogP contribution >= 0.6 is 12.2 Å². The van der Waals surface area contributed by atoms with Crippen LogP contribution in [0, 0.1) is 17.2 Å². The molecule has 1 aliphatic carbocycles. The summed E-state index contributed by atoms with van der Waals surface area (Å²) >= 11 is 5.12. The molecule has 9 heteroatoms. The molecule has 0 aromatic heterocycles. The van der Waals surface area contributed by atoms with Gasteiger partial charge in [-0.25, -0.2) is 4.79 Å². The molecule has 1 spiro atoms. The highest BCUT2D eigenvalue weighted by atomic mass is 32.1. The average Bonchev–Trinajstić information content (AvgIpc) is 2.87. The Balaban J connectivity index is 1.70. The van der Waals surface area contributed by atoms with Crippen molar-refractivity contribution in [3.63, 3.8) is 0 Å². The topological polar surface area (TPSA) is 127 Å². The van der Waals surface area contributed by atoms with Gasteiger partial charge in [-0.05, 0) is 48.9 Å². The molecule has 1 saturated carbocycles. The zero-order chi connectivity index (χ0) is 25.7. The first kappa shape index (κ1) is 25.3. The molecule has 8 nitrogen and oxygen atoms in total. The molecular formula is C27H27N2O6S-. The number of nitrogens with zero attached hydrogens (tertiary/aromatic N) is 1. The minimum atomic E-state index is -1.25. The number of ether oxygens (including phenoxy) is 4. The number of esters is 1. The Labute approximate surface area is 215 Å². The number of hydrogen-bond acceptors (Lipinski definition) is 8. The van der Waals surface area contributed by atoms with Crippen molar-refractivity contribution >= 4 is 23.2 Å². The van der Waals surface area contributed by atoms with Crippen LogP contribution in [0.5, 0.6) is 11.5 Å². The summed E-state index contributed by atoms with van der Waals surface area (Å²) in [6.45, 7) is 0.311. The molecule has 2 atom stereocenters. The fourth-order valence-electron chi connectivity index (χ4n) is 4.66. The van der Waals surface area contributed by atoms with E-state index in [1.807, 2.05) is 36.4 Å². The Morgan fingerprint density at radius 2 is 1.89 bits per heavy atom. The van der Waals surface area contributed by atoms with Gasteiger partial charge in [-0.2, -0.15) is 5.26 Å². The van der Waals surface area contributed by atoms with Gasteiger partial charge in [0, 0.05) is 5.92 Å². The highest BCUT2D eigenvalue weighted by molar-refractivity contribution is 7.80. The number of carbonyl (C=O) groups excluding carboxylic acids is 1. The van der Waals surface area contributed by atoms with Gasteiger partial charge in [0.05, 0.1) is 29.7 Å². The van der Waals surface area contributed by atoms with Crippen molar-refractivity contribution in [2.24, 2.45) is 11.7 Å². The fraction of sp³-hybridized carbons (Fsp3) is 0.370. The summed E-state index contributed by atoms with van der Waals surface area (Å²) in [6, 6.07) is 16.6. The number of nitriles is 1. The largest absolute Gasteiger partial charge is 0.574 e. The molecule has 0 bridgehead atoms. The number of nitrogens with two attached hydrogens (primary N) is 1. The van der Waals surface area contributed by atoms with Gasteiger partial charge in [-0.3, -0.25) is 0 Å². The molecular weight excluding hydrogens is 480 g/mol. The Hall–Kier alpha value is -3.77. The van der Waals surface area contributed by atoms with Crippen LogP contribution in [-0.2, 0) is 20.9 Å². The molecule has 2 unspecified atom stereocenters. The van der Waals surface area contributed by atoms with Gasteiger partial charge in [-0.15, -0.1) is 0 Å². The molecule has 2 N–H and O–H groups in total. The summed E-state index contributed by atoms with van der Waals surface area (Å²) in [5.41, 5.74) is 6.94. The van der Waals surface area contributed by atoms with Crippen LogP contribution in [0.2, 0.25) is 0 Å². The molecule has 2 aromatic carbocycles. The SMILES string of the molecule is COc1cc(C(C2=C([O-])OC3(CCCCC3)OC2=O)C(C#N)C(N)=S)ccc1OCc1ccccc1. The van der Waals surface area contributed by atoms with E-state index in [9.17, 15) is 15.2 Å². The number of rotatable bonds is 8. The van der Waals surface area contributed by atoms with Crippen molar-refractivity contribution in [1.29, 1.82) is 5.26 Å². The van der Waals surface area contributed by atoms with Crippen LogP contribution in [0.1, 0.15) is 49.1 Å². The molecule has 0 amide bonds. The maximum atomic E-state index is 13.2. The van der Waals surface area contributed by atoms with E-state index in [-0.39, 0.29) is 10.6 Å². The molecule has 0 saturated heterocycles. The third-order valence-electron chi connectivity index (χ3n) is 6.49. The molecule has 0 radical (unpaired) electrons. The summed E-state index contributed by atoms with van der Waals surface area (Å²) in [6.07, 6.45) is 3.44. The minimum absolute atomic E-state index is 0.156. The summed E-state index contributed by atoms with van der Waals surface area (Å²) in [5, 5.41) is 23.1. The second-order valence-corrected chi connectivity index (χ2v) is 9.31. The molecule has 2 aliphatic rings. The average molecular weight is 508 g/mol. The van der Waals surface area contributed by atoms with E-state index >= 15 is 0 Å². The van der Waals surface area contributed by atoms with Crippen LogP contribution < -0.4 is 20.3 Å². The first-order valence-electron chi connectivity index (χ1n) is 11.7. The van der Waals surface area contributed by atoms with E-state index in [2.05, 4.69) is 0 Å². The smallest absolute Gasteiger partial charge is 0.337 e. The van der Waals surface area contributed by atoms with Gasteiger partial charge < -0.3 is 29.8 Å². The number of hydrogen-bond donors (Lipinski definition) is 1. The Morgan fingerprint density at radius 3 is 2.50 bits per heavy atom. The second-order valence-electron chi connectivity index (χ2n) is 8.84. The van der Waals surface area contributed by atoms with E-state index < -0.39 is 29.5 Å². The number of carbonyl (C=O) groups is 1. The zero-order valence-electron chi connectivity index (χ0n) is 19.9. The van der Waals surface area contributed by atoms with Crippen LogP contribution in [0.25, 0.3) is 0 Å². The number of benzene rings is 2. The Bertz CT molecular complexity index is 1200. The predicted molar refractivity (Wildman–Crippen MR) is 132 cm³/mol. The van der Waals surface area contributed by atoms with Crippen molar-refractivity contribution in [3.8, 4) is 17.6 Å². The van der Waals surface area contributed by atoms with Crippen molar-refractivity contribution in [2.75, 3.05) is 7.11 Å². The van der Waals surface area contributed by atoms with Gasteiger partial charge in [-0.1, -0.05) is 55.0 Å². The summed E-state index contributed by atoms with van der Waals surface area (Å²) in [5.74, 6) is -4.35. The fourth-order valence-corrected chi connectivity index (χ4v) is 4.85. The molecule has 188 valence electrons. The van der Waals surface area contributed by atoms with Crippen molar-refractivity contribution in [3.05, 3.63) is 71.2 Å². The van der Waals surface area contributed by atoms with Crippen molar-refractivity contribution in [2.45, 2.75) is 50.4 Å². The Morgan fingerprint density at radius 1 is 1.17 bits per heavy atom. The van der Waals surface area contributed by atoms with Gasteiger partial charge in [0.25, 0.3) is 0 Å². The Kier molecular flexibility index (Phi) is 7.65. The lowest BCUT2D eigenvalue weighted by Gasteiger charge is -2.47. The van der Waals surface area contributed by atoms with Gasteiger partial charge in [0.2, 0.25) is 0 Å². The predicted octanol–water partition coefficient (Wildman–Crippen LogP) is 3.59. The highest BCUT2D eigenvalue weighted by Crippen LogP contribution is 2.44. The number of thiocarbonyl (C=S) groups is 1. The first-order chi connectivity index (χ1) is 17.4. The quantitative estimate of drug-likeness (QED) is 0.421. The molecule has 36 heavy (non-hydrogen) atoms. The van der Waals surface area contributed by atoms with E-state index in [0.29, 0.717) is 36.5 Å². The molecule has 1 fully saturated rings. The second kappa shape index (κ2) is 10.9. The van der Waals surface area contributed by atoms with Crippen molar-refractivity contribution in [1.82, 2.24) is 0 Å². The van der Waals surface area contributed by atoms with E-state index in [4.69, 9.17) is 36.9 Å². The molecule has 2 aromatic rings. The van der Waals surface area contributed by atoms with E-state index in [1.165, 1.54) is 7.11 Å². The van der Waals surface area contributed by atoms with E-state index in [0.717, 1.165) is 24.8 Å². The molecule has 1 heterocycles. The van der Waals surface area contributed by atoms with Crippen molar-refractivity contribution < 1.29 is 28.8 Å². The maximum Gasteiger partial charge on any atom is 0.337 e. The lowest BCUT2D eigenvalue weighted by molar-refractivity contribution is -0.402. The summed E-state index contributed by atoms with van der Waals surface area (Å²) in [4.78, 5) is 13.1. The van der Waals surface area contributed by atoms with Gasteiger partial charge in [0.1, 0.15) is 12.5 Å². The van der Waals surface area contributed by atoms with Crippen LogP contribution in [-0.4, -0.2) is 23.9 Å². The minimum Gasteiger partial charge on any atom is -0.574 e. The summed E-state index contributed by atoms with van der Waals surface area (Å²) < 4.78 is 22.8. The zero-order valence-corrected chi connectivity index (χ0v) is 20.7. The van der Waals surface area contributed by atoms with Crippen LogP contribution in [0.15, 0.2) is 60.0 Å². The lowest BCUT2D eigenvalue weighted by atomic mass is 9.80. The standard InChI is InChI=1S/C27H28N2O6S/c1-32-21-14-18(10-11-20(21)33-16-17-8-4-2-5-9-17)22(19(15-28)24(29)36)23-25(30)34-27(35-26(23)31)12-6-3-7-13-27/h2,4-5,8-11,14,19,22,30H,3,6-7,12-13,16H2,1H3,(H2,29,36)/p-1. The number of methoxy groups -OCH3 is 1. The van der Waals surface area contributed by atoms with Gasteiger partial charge in [0.15, 0.2) is 17.3 Å². The highest BCUT2D eigenvalue weighted by Gasteiger charge is 2.43. The lowest BCUT2D eigenvalue weighted by Crippen LogP contribution is -2.47. The maximum absolute atomic E-state index is 13.2. The van der Waals surface area contributed by atoms with E-state index in [1.54, 1.807) is 18.2 Å². The third-order valence-corrected chi connectivity index (χ3v) is 6.74. The first-order valence-corrected chi connectivity index (χ1v) is 12.2. The monoisotopic (exact) mass is 507 g/mol. The molecule has 1 aliphatic heterocycles. The third kappa shape index (κ3) is 5.24. The molecule has 4 rings (SSSR count). The van der Waals surface area contributed by atoms with Gasteiger partial charge >= 0.3 is 5.97 Å². The van der Waals surface area contributed by atoms with Crippen LogP contribution in [0.3, 0.4) is 0 Å². The normalized spacial score (nSPS) is 18.4.